The van der Waals surface area contributed by atoms with E-state index in [1.807, 2.05) is 38.1 Å². The number of carbonyl (C=O) groups excluding carboxylic acids is 1. The monoisotopic (exact) mass is 465 g/mol. The highest BCUT2D eigenvalue weighted by molar-refractivity contribution is 6.33. The van der Waals surface area contributed by atoms with Crippen LogP contribution in [0.2, 0.25) is 5.02 Å². The number of carbonyl (C=O) groups is 1. The summed E-state index contributed by atoms with van der Waals surface area (Å²) >= 11 is 6.42. The number of alkyl halides is 3. The smallest absolute Gasteiger partial charge is 0.366 e. The second-order valence-electron chi connectivity index (χ2n) is 8.95. The minimum atomic E-state index is -4.41. The molecule has 2 aliphatic rings. The molecule has 0 aromatic heterocycles. The molecule has 4 nitrogen and oxygen atoms in total. The van der Waals surface area contributed by atoms with Crippen LogP contribution in [0.4, 0.5) is 24.5 Å². The molecule has 2 aromatic rings. The van der Waals surface area contributed by atoms with Crippen molar-refractivity contribution in [1.82, 2.24) is 5.32 Å². The number of hydrogen-bond acceptors (Lipinski definition) is 3. The summed E-state index contributed by atoms with van der Waals surface area (Å²) in [4.78, 5) is 17.4. The first-order chi connectivity index (χ1) is 15.1. The minimum Gasteiger partial charge on any atom is -0.366 e. The predicted octanol–water partition coefficient (Wildman–Crippen LogP) is 5.00. The first-order valence-electron chi connectivity index (χ1n) is 10.9. The highest BCUT2D eigenvalue weighted by atomic mass is 35.5. The van der Waals surface area contributed by atoms with Gasteiger partial charge in [0.15, 0.2) is 0 Å². The molecule has 0 bridgehead atoms. The molecule has 1 N–H and O–H groups in total. The van der Waals surface area contributed by atoms with Gasteiger partial charge in [-0.2, -0.15) is 13.2 Å². The zero-order valence-electron chi connectivity index (χ0n) is 18.1. The molecule has 0 aliphatic carbocycles. The number of halogens is 4. The van der Waals surface area contributed by atoms with Gasteiger partial charge in [-0.05, 0) is 48.2 Å². The van der Waals surface area contributed by atoms with Crippen LogP contribution >= 0.6 is 11.6 Å². The van der Waals surface area contributed by atoms with E-state index in [4.69, 9.17) is 11.6 Å². The Morgan fingerprint density at radius 3 is 2.59 bits per heavy atom. The lowest BCUT2D eigenvalue weighted by Gasteiger charge is -2.50. The number of hydrogen-bond donors (Lipinski definition) is 1. The predicted molar refractivity (Wildman–Crippen MR) is 121 cm³/mol. The number of nitrogens with zero attached hydrogens (tertiary/aromatic N) is 2. The number of para-hydroxylation sites is 1. The van der Waals surface area contributed by atoms with E-state index >= 15 is 0 Å². The lowest BCUT2D eigenvalue weighted by molar-refractivity contribution is -0.137. The van der Waals surface area contributed by atoms with E-state index in [1.165, 1.54) is 6.07 Å². The van der Waals surface area contributed by atoms with Gasteiger partial charge in [-0.1, -0.05) is 37.6 Å². The van der Waals surface area contributed by atoms with Crippen molar-refractivity contribution < 1.29 is 18.0 Å². The van der Waals surface area contributed by atoms with E-state index in [9.17, 15) is 18.0 Å². The van der Waals surface area contributed by atoms with Crippen LogP contribution in [0, 0.1) is 11.8 Å². The molecular weight excluding hydrogens is 439 g/mol. The van der Waals surface area contributed by atoms with Gasteiger partial charge in [0.1, 0.15) is 0 Å². The molecule has 0 spiro atoms. The van der Waals surface area contributed by atoms with Gasteiger partial charge in [-0.3, -0.25) is 4.79 Å². The van der Waals surface area contributed by atoms with E-state index in [2.05, 4.69) is 15.1 Å². The summed E-state index contributed by atoms with van der Waals surface area (Å²) < 4.78 is 40.0. The van der Waals surface area contributed by atoms with Crippen LogP contribution in [0.15, 0.2) is 42.5 Å². The highest BCUT2D eigenvalue weighted by Crippen LogP contribution is 2.40. The van der Waals surface area contributed by atoms with Crippen molar-refractivity contribution in [3.8, 4) is 0 Å². The highest BCUT2D eigenvalue weighted by Gasteiger charge is 2.43. The van der Waals surface area contributed by atoms with Crippen molar-refractivity contribution >= 4 is 28.9 Å². The van der Waals surface area contributed by atoms with E-state index in [1.54, 1.807) is 6.07 Å². The normalized spacial score (nSPS) is 20.7. The molecule has 2 heterocycles. The topological polar surface area (TPSA) is 35.6 Å². The van der Waals surface area contributed by atoms with Gasteiger partial charge in [0.25, 0.3) is 0 Å². The maximum absolute atomic E-state index is 13.3. The van der Waals surface area contributed by atoms with Crippen molar-refractivity contribution in [2.45, 2.75) is 32.5 Å². The summed E-state index contributed by atoms with van der Waals surface area (Å²) in [5.41, 5.74) is 1.60. The number of piperazine rings is 1. The third-order valence-electron chi connectivity index (χ3n) is 6.25. The summed E-state index contributed by atoms with van der Waals surface area (Å²) in [6.45, 7) is 6.40. The van der Waals surface area contributed by atoms with Gasteiger partial charge in [-0.15, -0.1) is 0 Å². The molecule has 0 radical (unpaired) electrons. The fraction of sp³-hybridized carbons (Fsp3) is 0.458. The van der Waals surface area contributed by atoms with Crippen molar-refractivity contribution in [3.05, 3.63) is 58.6 Å². The Hall–Kier alpha value is -2.41. The fourth-order valence-electron chi connectivity index (χ4n) is 4.66. The third kappa shape index (κ3) is 4.53. The number of benzene rings is 2. The standard InChI is InChI=1S/C24H27ClF3N3O/c1-15(2)13-29-23(32)18-12-16-11-17(24(26,27)28)7-8-20(16)31-10-9-30(14-22(18)31)21-6-4-3-5-19(21)25/h3-8,11,15,18,22H,9-10,12-14H2,1-2H3,(H,29,32)/t18-,22+/m1/s1. The number of fused-ring (bicyclic) bond motifs is 3. The van der Waals surface area contributed by atoms with Crippen molar-refractivity contribution in [1.29, 1.82) is 0 Å². The Morgan fingerprint density at radius 2 is 1.91 bits per heavy atom. The maximum Gasteiger partial charge on any atom is 0.416 e. The number of amides is 1. The number of nitrogens with one attached hydrogen (secondary N) is 1. The molecule has 0 unspecified atom stereocenters. The van der Waals surface area contributed by atoms with Crippen LogP contribution in [0.1, 0.15) is 25.0 Å². The molecule has 2 aliphatic heterocycles. The van der Waals surface area contributed by atoms with Gasteiger partial charge in [0.2, 0.25) is 5.91 Å². The van der Waals surface area contributed by atoms with Crippen LogP contribution in [0.5, 0.6) is 0 Å². The zero-order chi connectivity index (χ0) is 23.0. The molecule has 1 fully saturated rings. The average molecular weight is 466 g/mol. The van der Waals surface area contributed by atoms with E-state index in [0.717, 1.165) is 17.4 Å². The molecule has 2 atom stereocenters. The lowest BCUT2D eigenvalue weighted by Crippen LogP contribution is -2.61. The molecular formula is C24H27ClF3N3O. The van der Waals surface area contributed by atoms with Gasteiger partial charge in [0, 0.05) is 31.9 Å². The Bertz CT molecular complexity index is 995. The first kappa shape index (κ1) is 22.8. The number of anilines is 2. The van der Waals surface area contributed by atoms with Crippen molar-refractivity contribution in [3.63, 3.8) is 0 Å². The molecule has 1 amide bonds. The van der Waals surface area contributed by atoms with Crippen LogP contribution in [0.3, 0.4) is 0 Å². The van der Waals surface area contributed by atoms with Gasteiger partial charge >= 0.3 is 6.18 Å². The molecule has 1 saturated heterocycles. The Morgan fingerprint density at radius 1 is 1.16 bits per heavy atom. The van der Waals surface area contributed by atoms with E-state index in [-0.39, 0.29) is 24.3 Å². The third-order valence-corrected chi connectivity index (χ3v) is 6.57. The molecule has 2 aromatic carbocycles. The average Bonchev–Trinajstić information content (AvgIpc) is 2.75. The molecule has 32 heavy (non-hydrogen) atoms. The summed E-state index contributed by atoms with van der Waals surface area (Å²) in [5, 5.41) is 3.64. The Labute approximate surface area is 191 Å². The summed E-state index contributed by atoms with van der Waals surface area (Å²) in [6, 6.07) is 11.3. The van der Waals surface area contributed by atoms with Crippen molar-refractivity contribution in [2.75, 3.05) is 36.0 Å². The van der Waals surface area contributed by atoms with Crippen molar-refractivity contribution in [2.24, 2.45) is 11.8 Å². The fourth-order valence-corrected chi connectivity index (χ4v) is 4.92. The van der Waals surface area contributed by atoms with Crippen LogP contribution < -0.4 is 15.1 Å². The largest absolute Gasteiger partial charge is 0.416 e. The number of rotatable bonds is 4. The second kappa shape index (κ2) is 8.85. The van der Waals surface area contributed by atoms with E-state index in [0.29, 0.717) is 36.8 Å². The quantitative estimate of drug-likeness (QED) is 0.690. The second-order valence-corrected chi connectivity index (χ2v) is 9.36. The molecule has 172 valence electrons. The van der Waals surface area contributed by atoms with E-state index < -0.39 is 17.7 Å². The minimum absolute atomic E-state index is 0.113. The van der Waals surface area contributed by atoms with Crippen LogP contribution in [-0.4, -0.2) is 38.1 Å². The molecule has 0 saturated carbocycles. The zero-order valence-corrected chi connectivity index (χ0v) is 18.9. The summed E-state index contributed by atoms with van der Waals surface area (Å²) in [7, 11) is 0. The maximum atomic E-state index is 13.3. The van der Waals surface area contributed by atoms with Crippen LogP contribution in [-0.2, 0) is 17.4 Å². The SMILES string of the molecule is CC(C)CNC(=O)[C@@H]1Cc2cc(C(F)(F)F)ccc2N2CCN(c3ccccc3Cl)C[C@@H]12. The van der Waals surface area contributed by atoms with Gasteiger partial charge < -0.3 is 15.1 Å². The lowest BCUT2D eigenvalue weighted by atomic mass is 9.82. The first-order valence-corrected chi connectivity index (χ1v) is 11.3. The van der Waals surface area contributed by atoms with Crippen LogP contribution in [0.25, 0.3) is 0 Å². The molecule has 4 rings (SSSR count). The van der Waals surface area contributed by atoms with Gasteiger partial charge in [-0.25, -0.2) is 0 Å². The van der Waals surface area contributed by atoms with Gasteiger partial charge in [0.05, 0.1) is 28.2 Å². The summed E-state index contributed by atoms with van der Waals surface area (Å²) in [6.07, 6.45) is -4.13. The summed E-state index contributed by atoms with van der Waals surface area (Å²) in [5.74, 6) is -0.276. The molecule has 8 heteroatoms. The Kier molecular flexibility index (Phi) is 6.30. The Balaban J connectivity index is 1.68.